The van der Waals surface area contributed by atoms with E-state index in [0.29, 0.717) is 11.3 Å². The van der Waals surface area contributed by atoms with Crippen LogP contribution in [0.15, 0.2) is 76.6 Å². The maximum absolute atomic E-state index is 13.5. The molecule has 1 aromatic heterocycles. The number of aromatic amines is 1. The molecular formula is C28H28N4O3S. The van der Waals surface area contributed by atoms with E-state index < -0.39 is 17.4 Å². The average Bonchev–Trinajstić information content (AvgIpc) is 3.40. The molecule has 1 aliphatic rings. The van der Waals surface area contributed by atoms with Gasteiger partial charge in [0.25, 0.3) is 11.8 Å². The highest BCUT2D eigenvalue weighted by Crippen LogP contribution is 2.40. The predicted molar refractivity (Wildman–Crippen MR) is 141 cm³/mol. The van der Waals surface area contributed by atoms with Crippen molar-refractivity contribution < 1.29 is 9.59 Å². The van der Waals surface area contributed by atoms with Crippen molar-refractivity contribution in [2.45, 2.75) is 42.0 Å². The normalized spacial score (nSPS) is 15.0. The summed E-state index contributed by atoms with van der Waals surface area (Å²) in [4.78, 5) is 43.1. The van der Waals surface area contributed by atoms with Gasteiger partial charge in [0.15, 0.2) is 0 Å². The minimum Gasteiger partial charge on any atom is -0.328 e. The number of pyridine rings is 1. The second-order valence-electron chi connectivity index (χ2n) is 9.00. The summed E-state index contributed by atoms with van der Waals surface area (Å²) < 4.78 is 0. The number of likely N-dealkylation sites (N-methyl/N-ethyl adjacent to an activating group) is 1. The number of nitriles is 1. The van der Waals surface area contributed by atoms with Gasteiger partial charge in [-0.3, -0.25) is 14.4 Å². The van der Waals surface area contributed by atoms with Crippen LogP contribution in [0.25, 0.3) is 0 Å². The molecule has 0 bridgehead atoms. The van der Waals surface area contributed by atoms with Crippen molar-refractivity contribution >= 4 is 29.3 Å². The number of carbonyl (C=O) groups is 2. The lowest BCUT2D eigenvalue weighted by Crippen LogP contribution is -2.38. The van der Waals surface area contributed by atoms with E-state index in [-0.39, 0.29) is 17.0 Å². The fraction of sp³-hybridized carbons (Fsp3) is 0.286. The summed E-state index contributed by atoms with van der Waals surface area (Å²) in [6.45, 7) is 0. The number of rotatable bonds is 7. The number of thioether (sulfide) groups is 1. The Hall–Kier alpha value is -3.83. The predicted octanol–water partition coefficient (Wildman–Crippen LogP) is 4.88. The highest BCUT2D eigenvalue weighted by Gasteiger charge is 2.36. The molecule has 1 fully saturated rings. The molecule has 8 heteroatoms. The lowest BCUT2D eigenvalue weighted by atomic mass is 9.80. The molecule has 2 amide bonds. The van der Waals surface area contributed by atoms with E-state index in [1.165, 1.54) is 23.2 Å². The van der Waals surface area contributed by atoms with Gasteiger partial charge in [-0.2, -0.15) is 5.26 Å². The van der Waals surface area contributed by atoms with E-state index in [2.05, 4.69) is 16.4 Å². The molecule has 4 rings (SSSR count). The van der Waals surface area contributed by atoms with Crippen molar-refractivity contribution in [1.29, 1.82) is 5.26 Å². The minimum atomic E-state index is -0.903. The van der Waals surface area contributed by atoms with Crippen LogP contribution in [-0.2, 0) is 10.2 Å². The Bertz CT molecular complexity index is 1320. The van der Waals surface area contributed by atoms with Gasteiger partial charge in [-0.05, 0) is 60.6 Å². The molecule has 1 atom stereocenters. The van der Waals surface area contributed by atoms with Gasteiger partial charge in [0.2, 0.25) is 5.56 Å². The maximum atomic E-state index is 13.5. The number of aromatic nitrogens is 1. The van der Waals surface area contributed by atoms with Crippen LogP contribution in [-0.4, -0.2) is 35.0 Å². The number of nitrogens with zero attached hydrogens (tertiary/aromatic N) is 2. The van der Waals surface area contributed by atoms with Crippen LogP contribution in [0.4, 0.5) is 5.69 Å². The van der Waals surface area contributed by atoms with Gasteiger partial charge in [-0.15, -0.1) is 11.8 Å². The van der Waals surface area contributed by atoms with Crippen molar-refractivity contribution in [3.63, 3.8) is 0 Å². The van der Waals surface area contributed by atoms with Crippen LogP contribution in [0.5, 0.6) is 0 Å². The number of hydrogen-bond acceptors (Lipinski definition) is 5. The Morgan fingerprint density at radius 2 is 1.72 bits per heavy atom. The summed E-state index contributed by atoms with van der Waals surface area (Å²) in [6, 6.07) is 19.2. The third-order valence-corrected chi connectivity index (χ3v) is 7.54. The van der Waals surface area contributed by atoms with Crippen LogP contribution in [0, 0.1) is 11.3 Å². The first-order chi connectivity index (χ1) is 17.4. The average molecular weight is 501 g/mol. The SMILES string of the molecule is CSc1ccc(C(C(=O)Nc2ccc(C3(C#N)CCCC3)cc2)N(C)C(=O)c2ccc(=O)[nH]c2)cc1. The molecule has 184 valence electrons. The van der Waals surface area contributed by atoms with E-state index >= 15 is 0 Å². The van der Waals surface area contributed by atoms with Crippen molar-refractivity contribution in [3.8, 4) is 6.07 Å². The second kappa shape index (κ2) is 10.8. The van der Waals surface area contributed by atoms with Crippen molar-refractivity contribution in [2.75, 3.05) is 18.6 Å². The molecule has 1 unspecified atom stereocenters. The zero-order chi connectivity index (χ0) is 25.7. The number of hydrogen-bond donors (Lipinski definition) is 2. The highest BCUT2D eigenvalue weighted by molar-refractivity contribution is 7.98. The summed E-state index contributed by atoms with van der Waals surface area (Å²) in [5, 5.41) is 12.7. The van der Waals surface area contributed by atoms with Crippen molar-refractivity contribution in [3.05, 3.63) is 93.9 Å². The van der Waals surface area contributed by atoms with E-state index in [9.17, 15) is 19.6 Å². The first kappa shape index (κ1) is 25.3. The van der Waals surface area contributed by atoms with Gasteiger partial charge in [0.05, 0.1) is 17.0 Å². The highest BCUT2D eigenvalue weighted by atomic mass is 32.2. The lowest BCUT2D eigenvalue weighted by Gasteiger charge is -2.28. The van der Waals surface area contributed by atoms with E-state index in [4.69, 9.17) is 0 Å². The van der Waals surface area contributed by atoms with Crippen molar-refractivity contribution in [2.24, 2.45) is 0 Å². The van der Waals surface area contributed by atoms with Crippen LogP contribution in [0.2, 0.25) is 0 Å². The molecule has 2 N–H and O–H groups in total. The van der Waals surface area contributed by atoms with Gasteiger partial charge < -0.3 is 15.2 Å². The smallest absolute Gasteiger partial charge is 0.256 e. The van der Waals surface area contributed by atoms with Gasteiger partial charge in [0, 0.05) is 29.9 Å². The fourth-order valence-electron chi connectivity index (χ4n) is 4.73. The third kappa shape index (κ3) is 5.21. The Kier molecular flexibility index (Phi) is 7.61. The van der Waals surface area contributed by atoms with E-state index in [1.54, 1.807) is 18.8 Å². The quantitative estimate of drug-likeness (QED) is 0.450. The zero-order valence-corrected chi connectivity index (χ0v) is 21.1. The van der Waals surface area contributed by atoms with Gasteiger partial charge in [-0.25, -0.2) is 0 Å². The first-order valence-electron chi connectivity index (χ1n) is 11.8. The zero-order valence-electron chi connectivity index (χ0n) is 20.3. The molecule has 2 aromatic carbocycles. The summed E-state index contributed by atoms with van der Waals surface area (Å²) in [7, 11) is 1.57. The Morgan fingerprint density at radius 1 is 1.06 bits per heavy atom. The molecule has 1 saturated carbocycles. The largest absolute Gasteiger partial charge is 0.328 e. The molecule has 0 aliphatic heterocycles. The number of nitrogens with one attached hydrogen (secondary N) is 2. The van der Waals surface area contributed by atoms with Gasteiger partial charge >= 0.3 is 0 Å². The Balaban J connectivity index is 1.60. The molecule has 0 saturated heterocycles. The Labute approximate surface area is 214 Å². The molecule has 36 heavy (non-hydrogen) atoms. The molecule has 1 aliphatic carbocycles. The standard InChI is InChI=1S/C28H28N4O3S/c1-32(27(35)20-7-14-24(33)30-17-20)25(19-5-12-23(36-2)13-6-19)26(34)31-22-10-8-21(9-11-22)28(18-29)15-3-4-16-28/h5-14,17,25H,3-4,15-16H2,1-2H3,(H,30,33)(H,31,34). The summed E-state index contributed by atoms with van der Waals surface area (Å²) >= 11 is 1.59. The second-order valence-corrected chi connectivity index (χ2v) is 9.88. The van der Waals surface area contributed by atoms with Crippen molar-refractivity contribution in [1.82, 2.24) is 9.88 Å². The summed E-state index contributed by atoms with van der Waals surface area (Å²) in [5.41, 5.74) is 1.73. The van der Waals surface area contributed by atoms with Crippen LogP contribution < -0.4 is 10.9 Å². The molecule has 1 heterocycles. The van der Waals surface area contributed by atoms with Gasteiger partial charge in [-0.1, -0.05) is 37.1 Å². The fourth-order valence-corrected chi connectivity index (χ4v) is 5.14. The number of H-pyrrole nitrogens is 1. The van der Waals surface area contributed by atoms with E-state index in [1.807, 2.05) is 54.8 Å². The number of benzene rings is 2. The van der Waals surface area contributed by atoms with Crippen LogP contribution in [0.1, 0.15) is 53.2 Å². The third-order valence-electron chi connectivity index (χ3n) is 6.79. The number of carbonyl (C=O) groups excluding carboxylic acids is 2. The van der Waals surface area contributed by atoms with Crippen LogP contribution >= 0.6 is 11.8 Å². The minimum absolute atomic E-state index is 0.276. The summed E-state index contributed by atoms with van der Waals surface area (Å²) in [5.74, 6) is -0.760. The molecular weight excluding hydrogens is 472 g/mol. The molecule has 0 spiro atoms. The molecule has 3 aromatic rings. The van der Waals surface area contributed by atoms with Gasteiger partial charge in [0.1, 0.15) is 6.04 Å². The van der Waals surface area contributed by atoms with Crippen LogP contribution in [0.3, 0.4) is 0 Å². The summed E-state index contributed by atoms with van der Waals surface area (Å²) in [6.07, 6.45) is 7.09. The maximum Gasteiger partial charge on any atom is 0.256 e. The topological polar surface area (TPSA) is 106 Å². The number of amides is 2. The Morgan fingerprint density at radius 3 is 2.28 bits per heavy atom. The monoisotopic (exact) mass is 500 g/mol. The molecule has 7 nitrogen and oxygen atoms in total. The lowest BCUT2D eigenvalue weighted by molar-refractivity contribution is -0.120. The van der Waals surface area contributed by atoms with E-state index in [0.717, 1.165) is 36.1 Å². The first-order valence-corrected chi connectivity index (χ1v) is 13.0. The molecule has 0 radical (unpaired) electrons. The number of anilines is 1.